The third kappa shape index (κ3) is 7.00. The van der Waals surface area contributed by atoms with E-state index < -0.39 is 0 Å². The molecule has 0 saturated carbocycles. The van der Waals surface area contributed by atoms with E-state index in [0.29, 0.717) is 0 Å². The summed E-state index contributed by atoms with van der Waals surface area (Å²) >= 11 is 0. The molecule has 0 saturated heterocycles. The molecule has 1 heteroatoms. The van der Waals surface area contributed by atoms with Crippen molar-refractivity contribution in [2.45, 2.75) is 44.4 Å². The van der Waals surface area contributed by atoms with Crippen LogP contribution in [0.4, 0.5) is 0 Å². The van der Waals surface area contributed by atoms with Gasteiger partial charge in [0, 0.05) is 12.0 Å². The normalized spacial score (nSPS) is 12.5. The highest BCUT2D eigenvalue weighted by atomic mass is 16.2. The van der Waals surface area contributed by atoms with E-state index in [0.717, 1.165) is 32.1 Å². The zero-order chi connectivity index (χ0) is 33.5. The Morgan fingerprint density at radius 1 is 0.469 bits per heavy atom. The second-order valence-electron chi connectivity index (χ2n) is 13.4. The first-order chi connectivity index (χ1) is 24.1. The van der Waals surface area contributed by atoms with Crippen molar-refractivity contribution in [3.63, 3.8) is 0 Å². The van der Waals surface area contributed by atoms with Crippen LogP contribution < -0.4 is 0 Å². The third-order valence-corrected chi connectivity index (χ3v) is 10.1. The van der Waals surface area contributed by atoms with Crippen LogP contribution in [0.25, 0.3) is 34.4 Å². The molecule has 49 heavy (non-hydrogen) atoms. The van der Waals surface area contributed by atoms with Gasteiger partial charge in [0.15, 0.2) is 0 Å². The fraction of sp³-hybridized carbons (Fsp3) is 0.167. The van der Waals surface area contributed by atoms with Crippen molar-refractivity contribution >= 4 is 23.3 Å². The fourth-order valence-electron chi connectivity index (χ4n) is 7.52. The summed E-state index contributed by atoms with van der Waals surface area (Å²) in [5.74, 6) is 0. The second kappa shape index (κ2) is 14.9. The zero-order valence-electron chi connectivity index (χ0n) is 28.4. The summed E-state index contributed by atoms with van der Waals surface area (Å²) in [6.07, 6.45) is 9.95. The lowest BCUT2D eigenvalue weighted by Crippen LogP contribution is -2.21. The van der Waals surface area contributed by atoms with Gasteiger partial charge in [-0.2, -0.15) is 0 Å². The van der Waals surface area contributed by atoms with Crippen LogP contribution in [0.15, 0.2) is 158 Å². The molecule has 7 rings (SSSR count). The minimum absolute atomic E-state index is 0.128. The Balaban J connectivity index is 1.33. The van der Waals surface area contributed by atoms with Crippen LogP contribution in [0.3, 0.4) is 0 Å². The number of hydrogen-bond acceptors (Lipinski definition) is 1. The average Bonchev–Trinajstić information content (AvgIpc) is 3.40. The highest BCUT2D eigenvalue weighted by Gasteiger charge is 2.39. The van der Waals surface area contributed by atoms with Gasteiger partial charge in [-0.15, -0.1) is 0 Å². The number of rotatable bonds is 12. The fourth-order valence-corrected chi connectivity index (χ4v) is 7.52. The standard InChI is InChI=1S/C48H44O/c1-48(30-16-2-3-17-31-49)46-34-36(32-44(38-18-8-4-9-19-38)39-20-10-5-11-21-39)26-28-42(46)43-29-27-37(35-47(43)48)33-45(40-22-12-6-13-23-40)41-24-14-7-15-25-41/h4-15,18-29,32-35,49H,2-3,16-17,30-31H2,1H3. The van der Waals surface area contributed by atoms with E-state index in [1.165, 1.54) is 66.8 Å². The predicted octanol–water partition coefficient (Wildman–Crippen LogP) is 12.1. The molecule has 0 unspecified atom stereocenters. The van der Waals surface area contributed by atoms with E-state index >= 15 is 0 Å². The van der Waals surface area contributed by atoms with Crippen LogP contribution in [0.2, 0.25) is 0 Å². The molecule has 242 valence electrons. The molecule has 0 amide bonds. The lowest BCUT2D eigenvalue weighted by atomic mass is 9.75. The van der Waals surface area contributed by atoms with Crippen molar-refractivity contribution in [3.05, 3.63) is 202 Å². The first-order valence-electron chi connectivity index (χ1n) is 17.7. The number of unbranched alkanes of at least 4 members (excludes halogenated alkanes) is 3. The molecule has 0 radical (unpaired) electrons. The van der Waals surface area contributed by atoms with E-state index in [-0.39, 0.29) is 12.0 Å². The zero-order valence-corrected chi connectivity index (χ0v) is 28.4. The molecule has 0 aliphatic heterocycles. The molecule has 6 aromatic carbocycles. The molecule has 1 aliphatic rings. The van der Waals surface area contributed by atoms with E-state index in [9.17, 15) is 5.11 Å². The van der Waals surface area contributed by atoms with Crippen LogP contribution in [0.1, 0.15) is 83.5 Å². The van der Waals surface area contributed by atoms with E-state index in [2.05, 4.69) is 177 Å². The monoisotopic (exact) mass is 636 g/mol. The Morgan fingerprint density at radius 2 is 0.837 bits per heavy atom. The maximum Gasteiger partial charge on any atom is 0.0431 e. The molecule has 1 nitrogen and oxygen atoms in total. The van der Waals surface area contributed by atoms with E-state index in [1.807, 2.05) is 0 Å². The van der Waals surface area contributed by atoms with Crippen molar-refractivity contribution in [1.29, 1.82) is 0 Å². The van der Waals surface area contributed by atoms with Gasteiger partial charge in [0.25, 0.3) is 0 Å². The number of fused-ring (bicyclic) bond motifs is 3. The van der Waals surface area contributed by atoms with Gasteiger partial charge in [-0.05, 0) is 91.8 Å². The van der Waals surface area contributed by atoms with Crippen molar-refractivity contribution < 1.29 is 5.11 Å². The molecule has 0 aromatic heterocycles. The molecule has 0 spiro atoms. The number of aliphatic hydroxyl groups excluding tert-OH is 1. The molecule has 0 bridgehead atoms. The van der Waals surface area contributed by atoms with Gasteiger partial charge in [0.1, 0.15) is 0 Å². The maximum atomic E-state index is 9.41. The summed E-state index contributed by atoms with van der Waals surface area (Å²) in [4.78, 5) is 0. The average molecular weight is 637 g/mol. The second-order valence-corrected chi connectivity index (χ2v) is 13.4. The van der Waals surface area contributed by atoms with Crippen molar-refractivity contribution in [3.8, 4) is 11.1 Å². The summed E-state index contributed by atoms with van der Waals surface area (Å²) in [5, 5.41) is 9.41. The first kappa shape index (κ1) is 32.3. The van der Waals surface area contributed by atoms with Crippen LogP contribution in [0.5, 0.6) is 0 Å². The predicted molar refractivity (Wildman–Crippen MR) is 208 cm³/mol. The summed E-state index contributed by atoms with van der Waals surface area (Å²) in [6.45, 7) is 2.72. The Morgan fingerprint density at radius 3 is 1.20 bits per heavy atom. The SMILES string of the molecule is CC1(CCCCCCO)c2cc(C=C(c3ccccc3)c3ccccc3)ccc2-c2ccc(C=C(c3ccccc3)c3ccccc3)cc21. The molecule has 1 N–H and O–H groups in total. The number of benzene rings is 6. The quantitative estimate of drug-likeness (QED) is 0.105. The van der Waals surface area contributed by atoms with E-state index in [4.69, 9.17) is 0 Å². The van der Waals surface area contributed by atoms with Crippen LogP contribution in [-0.4, -0.2) is 11.7 Å². The van der Waals surface area contributed by atoms with Crippen LogP contribution in [0, 0.1) is 0 Å². The number of aliphatic hydroxyl groups is 1. The van der Waals surface area contributed by atoms with Gasteiger partial charge < -0.3 is 5.11 Å². The molecule has 1 aliphatic carbocycles. The number of hydrogen-bond donors (Lipinski definition) is 1. The van der Waals surface area contributed by atoms with Gasteiger partial charge in [0.2, 0.25) is 0 Å². The molecule has 6 aromatic rings. The lowest BCUT2D eigenvalue weighted by Gasteiger charge is -2.28. The molecule has 0 atom stereocenters. The van der Waals surface area contributed by atoms with E-state index in [1.54, 1.807) is 0 Å². The smallest absolute Gasteiger partial charge is 0.0431 e. The van der Waals surface area contributed by atoms with Crippen LogP contribution in [-0.2, 0) is 5.41 Å². The maximum absolute atomic E-state index is 9.41. The molecular formula is C48H44O. The summed E-state index contributed by atoms with van der Waals surface area (Å²) in [5.41, 5.74) is 15.1. The van der Waals surface area contributed by atoms with Gasteiger partial charge in [-0.25, -0.2) is 0 Å². The molecular weight excluding hydrogens is 593 g/mol. The minimum Gasteiger partial charge on any atom is -0.396 e. The van der Waals surface area contributed by atoms with Crippen molar-refractivity contribution in [2.24, 2.45) is 0 Å². The van der Waals surface area contributed by atoms with Gasteiger partial charge in [-0.1, -0.05) is 184 Å². The molecule has 0 heterocycles. The van der Waals surface area contributed by atoms with Crippen molar-refractivity contribution in [2.75, 3.05) is 6.61 Å². The summed E-state index contributed by atoms with van der Waals surface area (Å²) in [7, 11) is 0. The third-order valence-electron chi connectivity index (χ3n) is 10.1. The van der Waals surface area contributed by atoms with Gasteiger partial charge >= 0.3 is 0 Å². The Hall–Kier alpha value is -5.24. The van der Waals surface area contributed by atoms with Gasteiger partial charge in [0.05, 0.1) is 0 Å². The summed E-state index contributed by atoms with van der Waals surface area (Å²) in [6, 6.07) is 57.0. The molecule has 0 fully saturated rings. The van der Waals surface area contributed by atoms with Crippen molar-refractivity contribution in [1.82, 2.24) is 0 Å². The minimum atomic E-state index is -0.128. The largest absolute Gasteiger partial charge is 0.396 e. The topological polar surface area (TPSA) is 20.2 Å². The highest BCUT2D eigenvalue weighted by Crippen LogP contribution is 2.52. The Kier molecular flexibility index (Phi) is 9.82. The lowest BCUT2D eigenvalue weighted by molar-refractivity contribution is 0.281. The first-order valence-corrected chi connectivity index (χ1v) is 17.7. The Labute approximate surface area is 292 Å². The van der Waals surface area contributed by atoms with Gasteiger partial charge in [-0.3, -0.25) is 0 Å². The summed E-state index contributed by atoms with van der Waals surface area (Å²) < 4.78 is 0. The highest BCUT2D eigenvalue weighted by molar-refractivity contribution is 5.94. The Bertz CT molecular complexity index is 1830. The van der Waals surface area contributed by atoms with Crippen LogP contribution >= 0.6 is 0 Å².